The number of carbonyl (C=O) groups excluding carboxylic acids is 1. The van der Waals surface area contributed by atoms with Crippen LogP contribution in [0.1, 0.15) is 97.0 Å². The van der Waals surface area contributed by atoms with E-state index in [1.54, 1.807) is 5.57 Å². The summed E-state index contributed by atoms with van der Waals surface area (Å²) in [7, 11) is 0. The number of esters is 1. The highest BCUT2D eigenvalue weighted by atomic mass is 16.5. The smallest absolute Gasteiger partial charge is 0.312 e. The number of rotatable bonds is 4. The average Bonchev–Trinajstić information content (AvgIpc) is 3.34. The van der Waals surface area contributed by atoms with Gasteiger partial charge in [0.2, 0.25) is 0 Å². The van der Waals surface area contributed by atoms with Gasteiger partial charge in [0.15, 0.2) is 0 Å². The molecule has 0 aromatic heterocycles. The molecule has 0 radical (unpaired) electrons. The van der Waals surface area contributed by atoms with E-state index in [4.69, 9.17) is 4.74 Å². The van der Waals surface area contributed by atoms with Crippen molar-refractivity contribution < 1.29 is 9.53 Å². The van der Waals surface area contributed by atoms with Crippen molar-refractivity contribution >= 4 is 5.97 Å². The molecule has 8 atom stereocenters. The third kappa shape index (κ3) is 3.68. The maximum atomic E-state index is 13.7. The molecule has 36 heavy (non-hydrogen) atoms. The molecule has 2 heteroatoms. The molecule has 2 nitrogen and oxygen atoms in total. The third-order valence-corrected chi connectivity index (χ3v) is 12.3. The summed E-state index contributed by atoms with van der Waals surface area (Å²) in [6.45, 7) is 7.89. The predicted octanol–water partition coefficient (Wildman–Crippen LogP) is 8.67. The monoisotopic (exact) mass is 486 g/mol. The fourth-order valence-electron chi connectivity index (χ4n) is 10.6. The van der Waals surface area contributed by atoms with Gasteiger partial charge in [-0.1, -0.05) is 74.4 Å². The van der Waals surface area contributed by atoms with Crippen molar-refractivity contribution in [3.8, 4) is 0 Å². The van der Waals surface area contributed by atoms with Crippen molar-refractivity contribution in [1.29, 1.82) is 0 Å². The molecule has 0 amide bonds. The van der Waals surface area contributed by atoms with Crippen LogP contribution in [-0.4, -0.2) is 5.97 Å². The Bertz CT molecular complexity index is 1040. The van der Waals surface area contributed by atoms with Gasteiger partial charge in [0.25, 0.3) is 0 Å². The Balaban J connectivity index is 1.22. The van der Waals surface area contributed by atoms with Crippen molar-refractivity contribution in [2.75, 3.05) is 0 Å². The molecule has 0 spiro atoms. The molecule has 0 bridgehead atoms. The number of benzene rings is 1. The van der Waals surface area contributed by atoms with Gasteiger partial charge in [-0.25, -0.2) is 0 Å². The normalized spacial score (nSPS) is 43.6. The molecular weight excluding hydrogens is 440 g/mol. The zero-order chi connectivity index (χ0) is 25.0. The molecule has 1 aromatic rings. The molecule has 4 saturated carbocycles. The fourth-order valence-corrected chi connectivity index (χ4v) is 10.6. The predicted molar refractivity (Wildman–Crippen MR) is 146 cm³/mol. The lowest BCUT2D eigenvalue weighted by atomic mass is 9.38. The van der Waals surface area contributed by atoms with Crippen LogP contribution in [0, 0.1) is 45.8 Å². The van der Waals surface area contributed by atoms with Gasteiger partial charge in [-0.3, -0.25) is 4.79 Å². The number of hydrogen-bond acceptors (Lipinski definition) is 2. The average molecular weight is 487 g/mol. The van der Waals surface area contributed by atoms with Crippen LogP contribution >= 0.6 is 0 Å². The second-order valence-electron chi connectivity index (χ2n) is 13.6. The Kier molecular flexibility index (Phi) is 6.24. The van der Waals surface area contributed by atoms with E-state index in [9.17, 15) is 4.79 Å². The van der Waals surface area contributed by atoms with Crippen molar-refractivity contribution in [2.24, 2.45) is 45.8 Å². The molecule has 1 aromatic carbocycles. The van der Waals surface area contributed by atoms with Crippen LogP contribution in [0.3, 0.4) is 0 Å². The summed E-state index contributed by atoms with van der Waals surface area (Å²) in [5, 5.41) is 0. The fraction of sp³-hybridized carbons (Fsp3) is 0.676. The van der Waals surface area contributed by atoms with Crippen LogP contribution in [0.15, 0.2) is 54.1 Å². The van der Waals surface area contributed by atoms with Crippen LogP contribution in [0.25, 0.3) is 0 Å². The summed E-state index contributed by atoms with van der Waals surface area (Å²) in [5.41, 5.74) is 3.34. The first kappa shape index (κ1) is 24.5. The Morgan fingerprint density at radius 3 is 2.61 bits per heavy atom. The summed E-state index contributed by atoms with van der Waals surface area (Å²) in [4.78, 5) is 13.7. The highest BCUT2D eigenvalue weighted by Crippen LogP contribution is 2.71. The Morgan fingerprint density at radius 1 is 0.972 bits per heavy atom. The summed E-state index contributed by atoms with van der Waals surface area (Å²) in [5.74, 6) is 3.81. The van der Waals surface area contributed by atoms with Crippen molar-refractivity contribution in [3.05, 3.63) is 59.7 Å². The molecule has 0 N–H and O–H groups in total. The summed E-state index contributed by atoms with van der Waals surface area (Å²) in [6, 6.07) is 10.2. The van der Waals surface area contributed by atoms with E-state index in [0.29, 0.717) is 29.3 Å². The molecule has 194 valence electrons. The molecular formula is C34H46O2. The van der Waals surface area contributed by atoms with E-state index in [1.165, 1.54) is 57.8 Å². The van der Waals surface area contributed by atoms with E-state index in [2.05, 4.69) is 51.1 Å². The van der Waals surface area contributed by atoms with E-state index in [0.717, 1.165) is 36.2 Å². The van der Waals surface area contributed by atoms with Crippen LogP contribution < -0.4 is 0 Å². The lowest BCUT2D eigenvalue weighted by molar-refractivity contribution is -0.185. The van der Waals surface area contributed by atoms with Gasteiger partial charge in [0, 0.05) is 0 Å². The maximum Gasteiger partial charge on any atom is 0.312 e. The molecule has 4 fully saturated rings. The first-order valence-corrected chi connectivity index (χ1v) is 14.9. The van der Waals surface area contributed by atoms with Crippen molar-refractivity contribution in [3.63, 3.8) is 0 Å². The van der Waals surface area contributed by atoms with E-state index in [1.807, 2.05) is 18.2 Å². The molecule has 5 aliphatic carbocycles. The number of ether oxygens (including phenoxy) is 1. The SMILES string of the molecule is C/C=C/C1=CCC2(C)C(CCC3(C)C4CCC5(C(=O)OCc6ccccc6)CCCC5C4CCC23)C1. The van der Waals surface area contributed by atoms with E-state index < -0.39 is 0 Å². The zero-order valence-electron chi connectivity index (χ0n) is 22.8. The topological polar surface area (TPSA) is 26.3 Å². The highest BCUT2D eigenvalue weighted by molar-refractivity contribution is 5.78. The minimum atomic E-state index is -0.213. The maximum absolute atomic E-state index is 13.7. The molecule has 0 aliphatic heterocycles. The summed E-state index contributed by atoms with van der Waals surface area (Å²) >= 11 is 0. The number of fused-ring (bicyclic) bond motifs is 7. The van der Waals surface area contributed by atoms with Crippen LogP contribution in [-0.2, 0) is 16.1 Å². The first-order valence-electron chi connectivity index (χ1n) is 14.9. The van der Waals surface area contributed by atoms with Crippen LogP contribution in [0.4, 0.5) is 0 Å². The van der Waals surface area contributed by atoms with E-state index >= 15 is 0 Å². The zero-order valence-corrected chi connectivity index (χ0v) is 22.8. The number of allylic oxidation sites excluding steroid dienone is 4. The van der Waals surface area contributed by atoms with Gasteiger partial charge in [-0.05, 0) is 117 Å². The number of carbonyl (C=O) groups is 1. The number of hydrogen-bond donors (Lipinski definition) is 0. The van der Waals surface area contributed by atoms with E-state index in [-0.39, 0.29) is 11.4 Å². The van der Waals surface area contributed by atoms with Gasteiger partial charge in [-0.15, -0.1) is 0 Å². The van der Waals surface area contributed by atoms with Crippen molar-refractivity contribution in [1.82, 2.24) is 0 Å². The molecule has 0 heterocycles. The van der Waals surface area contributed by atoms with Gasteiger partial charge in [0.1, 0.15) is 6.61 Å². The second-order valence-corrected chi connectivity index (χ2v) is 13.6. The highest BCUT2D eigenvalue weighted by Gasteiger charge is 2.65. The van der Waals surface area contributed by atoms with Gasteiger partial charge >= 0.3 is 5.97 Å². The Hall–Kier alpha value is -1.83. The van der Waals surface area contributed by atoms with Crippen LogP contribution in [0.5, 0.6) is 0 Å². The molecule has 6 rings (SSSR count). The standard InChI is InChI=1S/C34H46O2/c1-4-9-24-15-19-32(2)26(22-24)16-20-33(3)28-17-21-34(31(35)36-23-25-10-6-5-7-11-25)18-8-12-29(34)27(28)13-14-30(32)33/h4-7,9-11,15,26-30H,8,12-14,16-23H2,1-3H3/b9-4+. The second kappa shape index (κ2) is 9.17. The van der Waals surface area contributed by atoms with Crippen molar-refractivity contribution in [2.45, 2.75) is 98.0 Å². The Labute approximate surface area is 219 Å². The summed E-state index contributed by atoms with van der Waals surface area (Å²) < 4.78 is 6.05. The first-order chi connectivity index (χ1) is 17.4. The minimum Gasteiger partial charge on any atom is -0.460 e. The molecule has 0 saturated heterocycles. The lowest BCUT2D eigenvalue weighted by Gasteiger charge is -2.66. The lowest BCUT2D eigenvalue weighted by Crippen LogP contribution is -2.59. The van der Waals surface area contributed by atoms with Gasteiger partial charge in [0.05, 0.1) is 5.41 Å². The third-order valence-electron chi connectivity index (χ3n) is 12.3. The molecule has 5 aliphatic rings. The quantitative estimate of drug-likeness (QED) is 0.398. The minimum absolute atomic E-state index is 0.115. The Morgan fingerprint density at radius 2 is 1.81 bits per heavy atom. The largest absolute Gasteiger partial charge is 0.460 e. The van der Waals surface area contributed by atoms with Gasteiger partial charge in [-0.2, -0.15) is 0 Å². The van der Waals surface area contributed by atoms with Gasteiger partial charge < -0.3 is 4.74 Å². The summed E-state index contributed by atoms with van der Waals surface area (Å²) in [6.07, 6.45) is 20.9. The van der Waals surface area contributed by atoms with Crippen LogP contribution in [0.2, 0.25) is 0 Å². The molecule has 8 unspecified atom stereocenters.